The Morgan fingerprint density at radius 1 is 1.73 bits per heavy atom. The van der Waals surface area contributed by atoms with Crippen molar-refractivity contribution < 1.29 is 9.15 Å². The second-order valence-corrected chi connectivity index (χ2v) is 2.20. The zero-order valence-corrected chi connectivity index (χ0v) is 6.62. The number of hydrogen-bond donors (Lipinski definition) is 1. The van der Waals surface area contributed by atoms with Gasteiger partial charge in [-0.1, -0.05) is 0 Å². The second-order valence-electron chi connectivity index (χ2n) is 2.20. The molecule has 0 amide bonds. The monoisotopic (exact) mass is 155 g/mol. The molecule has 3 heteroatoms. The van der Waals surface area contributed by atoms with Crippen LogP contribution in [0.2, 0.25) is 0 Å². The highest BCUT2D eigenvalue weighted by Crippen LogP contribution is 2.15. The van der Waals surface area contributed by atoms with Gasteiger partial charge in [0.05, 0.1) is 6.26 Å². The first-order valence-electron chi connectivity index (χ1n) is 3.73. The van der Waals surface area contributed by atoms with Crippen molar-refractivity contribution in [3.8, 4) is 0 Å². The number of nitrogens with two attached hydrogens (primary N) is 1. The van der Waals surface area contributed by atoms with Crippen LogP contribution in [0, 0.1) is 0 Å². The van der Waals surface area contributed by atoms with Gasteiger partial charge in [0, 0.05) is 13.2 Å². The predicted octanol–water partition coefficient (Wildman–Crippen LogP) is 1.32. The van der Waals surface area contributed by atoms with Crippen molar-refractivity contribution in [1.82, 2.24) is 0 Å². The predicted molar refractivity (Wildman–Crippen MR) is 42.1 cm³/mol. The molecular weight excluding hydrogens is 142 g/mol. The van der Waals surface area contributed by atoms with Crippen molar-refractivity contribution in [3.63, 3.8) is 0 Å². The highest BCUT2D eigenvalue weighted by molar-refractivity contribution is 5.02. The summed E-state index contributed by atoms with van der Waals surface area (Å²) in [4.78, 5) is 0. The van der Waals surface area contributed by atoms with Crippen LogP contribution in [0.3, 0.4) is 0 Å². The minimum atomic E-state index is -0.0880. The van der Waals surface area contributed by atoms with E-state index in [2.05, 4.69) is 0 Å². The van der Waals surface area contributed by atoms with E-state index in [1.807, 2.05) is 19.1 Å². The Kier molecular flexibility index (Phi) is 3.14. The van der Waals surface area contributed by atoms with Crippen LogP contribution in [0.15, 0.2) is 22.8 Å². The minimum Gasteiger partial charge on any atom is -0.467 e. The molecule has 0 aliphatic carbocycles. The van der Waals surface area contributed by atoms with Gasteiger partial charge >= 0.3 is 0 Å². The molecule has 0 saturated heterocycles. The van der Waals surface area contributed by atoms with E-state index in [4.69, 9.17) is 14.9 Å². The van der Waals surface area contributed by atoms with Crippen LogP contribution in [0.4, 0.5) is 0 Å². The maximum absolute atomic E-state index is 5.47. The van der Waals surface area contributed by atoms with E-state index < -0.39 is 0 Å². The van der Waals surface area contributed by atoms with Gasteiger partial charge in [0.25, 0.3) is 0 Å². The van der Waals surface area contributed by atoms with Crippen molar-refractivity contribution in [2.45, 2.75) is 13.0 Å². The lowest BCUT2D eigenvalue weighted by atomic mass is 10.3. The summed E-state index contributed by atoms with van der Waals surface area (Å²) in [7, 11) is 0. The summed E-state index contributed by atoms with van der Waals surface area (Å²) in [6.45, 7) is 3.05. The first kappa shape index (κ1) is 8.30. The van der Waals surface area contributed by atoms with Crippen LogP contribution in [0.5, 0.6) is 0 Å². The molecule has 0 spiro atoms. The average Bonchev–Trinajstić information content (AvgIpc) is 2.52. The number of furan rings is 1. The van der Waals surface area contributed by atoms with Crippen LogP contribution < -0.4 is 5.73 Å². The summed E-state index contributed by atoms with van der Waals surface area (Å²) in [5.41, 5.74) is 5.47. The standard InChI is InChI=1S/C8H13NO2/c1-2-10-8(6-9)7-4-3-5-11-7/h3-5,8H,2,6,9H2,1H3. The smallest absolute Gasteiger partial charge is 0.133 e. The normalized spacial score (nSPS) is 13.3. The van der Waals surface area contributed by atoms with Gasteiger partial charge in [0.2, 0.25) is 0 Å². The fraction of sp³-hybridized carbons (Fsp3) is 0.500. The summed E-state index contributed by atoms with van der Waals surface area (Å²) in [6.07, 6.45) is 1.53. The SMILES string of the molecule is CCOC(CN)c1ccco1. The Morgan fingerprint density at radius 2 is 2.55 bits per heavy atom. The maximum atomic E-state index is 5.47. The molecule has 1 aromatic heterocycles. The van der Waals surface area contributed by atoms with Crippen LogP contribution in [0.25, 0.3) is 0 Å². The van der Waals surface area contributed by atoms with Crippen molar-refractivity contribution in [3.05, 3.63) is 24.2 Å². The molecule has 1 rings (SSSR count). The molecule has 3 nitrogen and oxygen atoms in total. The van der Waals surface area contributed by atoms with Crippen molar-refractivity contribution in [1.29, 1.82) is 0 Å². The zero-order valence-electron chi connectivity index (χ0n) is 6.62. The summed E-state index contributed by atoms with van der Waals surface area (Å²) in [5, 5.41) is 0. The summed E-state index contributed by atoms with van der Waals surface area (Å²) in [5.74, 6) is 0.800. The molecule has 0 saturated carbocycles. The number of rotatable bonds is 4. The van der Waals surface area contributed by atoms with E-state index in [0.29, 0.717) is 13.2 Å². The Hall–Kier alpha value is -0.800. The van der Waals surface area contributed by atoms with Crippen molar-refractivity contribution in [2.24, 2.45) is 5.73 Å². The van der Waals surface area contributed by atoms with Crippen LogP contribution in [-0.4, -0.2) is 13.2 Å². The topological polar surface area (TPSA) is 48.4 Å². The third-order valence-electron chi connectivity index (χ3n) is 1.44. The highest BCUT2D eigenvalue weighted by Gasteiger charge is 2.10. The van der Waals surface area contributed by atoms with Gasteiger partial charge in [-0.15, -0.1) is 0 Å². The van der Waals surface area contributed by atoms with Gasteiger partial charge in [0.15, 0.2) is 0 Å². The fourth-order valence-electron chi connectivity index (χ4n) is 0.942. The number of hydrogen-bond acceptors (Lipinski definition) is 3. The zero-order chi connectivity index (χ0) is 8.10. The van der Waals surface area contributed by atoms with Gasteiger partial charge in [-0.3, -0.25) is 0 Å². The van der Waals surface area contributed by atoms with Gasteiger partial charge in [-0.2, -0.15) is 0 Å². The summed E-state index contributed by atoms with van der Waals surface area (Å²) < 4.78 is 10.5. The van der Waals surface area contributed by atoms with Crippen molar-refractivity contribution >= 4 is 0 Å². The Bertz CT molecular complexity index is 184. The molecule has 1 heterocycles. The fourth-order valence-corrected chi connectivity index (χ4v) is 0.942. The number of ether oxygens (including phenoxy) is 1. The average molecular weight is 155 g/mol. The van der Waals surface area contributed by atoms with Gasteiger partial charge in [-0.05, 0) is 19.1 Å². The van der Waals surface area contributed by atoms with Crippen LogP contribution in [-0.2, 0) is 4.74 Å². The quantitative estimate of drug-likeness (QED) is 0.713. The lowest BCUT2D eigenvalue weighted by Gasteiger charge is -2.10. The molecule has 0 aliphatic rings. The molecule has 0 bridgehead atoms. The molecule has 0 aliphatic heterocycles. The maximum Gasteiger partial charge on any atom is 0.133 e. The lowest BCUT2D eigenvalue weighted by molar-refractivity contribution is 0.0530. The molecule has 62 valence electrons. The third-order valence-corrected chi connectivity index (χ3v) is 1.44. The van der Waals surface area contributed by atoms with E-state index in [9.17, 15) is 0 Å². The van der Waals surface area contributed by atoms with Crippen LogP contribution in [0.1, 0.15) is 18.8 Å². The molecule has 2 N–H and O–H groups in total. The minimum absolute atomic E-state index is 0.0880. The molecule has 0 radical (unpaired) electrons. The van der Waals surface area contributed by atoms with E-state index in [-0.39, 0.29) is 6.10 Å². The van der Waals surface area contributed by atoms with E-state index in [1.165, 1.54) is 0 Å². The lowest BCUT2D eigenvalue weighted by Crippen LogP contribution is -2.14. The molecule has 11 heavy (non-hydrogen) atoms. The van der Waals surface area contributed by atoms with Gasteiger partial charge in [-0.25, -0.2) is 0 Å². The molecule has 0 aromatic carbocycles. The van der Waals surface area contributed by atoms with Gasteiger partial charge in [0.1, 0.15) is 11.9 Å². The summed E-state index contributed by atoms with van der Waals surface area (Å²) >= 11 is 0. The van der Waals surface area contributed by atoms with E-state index in [1.54, 1.807) is 6.26 Å². The van der Waals surface area contributed by atoms with E-state index >= 15 is 0 Å². The molecule has 1 unspecified atom stereocenters. The Balaban J connectivity index is 2.56. The van der Waals surface area contributed by atoms with Gasteiger partial charge < -0.3 is 14.9 Å². The Morgan fingerprint density at radius 3 is 3.00 bits per heavy atom. The second kappa shape index (κ2) is 4.16. The first-order valence-corrected chi connectivity index (χ1v) is 3.73. The van der Waals surface area contributed by atoms with Crippen LogP contribution >= 0.6 is 0 Å². The third kappa shape index (κ3) is 2.06. The Labute approximate surface area is 66.1 Å². The van der Waals surface area contributed by atoms with Crippen molar-refractivity contribution in [2.75, 3.05) is 13.2 Å². The largest absolute Gasteiger partial charge is 0.467 e. The molecular formula is C8H13NO2. The molecule has 0 fully saturated rings. The first-order chi connectivity index (χ1) is 5.38. The molecule has 1 aromatic rings. The highest BCUT2D eigenvalue weighted by atomic mass is 16.5. The van der Waals surface area contributed by atoms with E-state index in [0.717, 1.165) is 5.76 Å². The molecule has 1 atom stereocenters. The summed E-state index contributed by atoms with van der Waals surface area (Å²) in [6, 6.07) is 3.70.